The molecule has 146 valence electrons. The largest absolute Gasteiger partial charge is 0.486 e. The fourth-order valence-electron chi connectivity index (χ4n) is 3.56. The number of para-hydroxylation sites is 1. The molecular weight excluding hydrogens is 352 g/mol. The topological polar surface area (TPSA) is 61.7 Å². The van der Waals surface area contributed by atoms with E-state index < -0.39 is 0 Å². The van der Waals surface area contributed by atoms with E-state index in [9.17, 15) is 0 Å². The van der Waals surface area contributed by atoms with E-state index in [0.29, 0.717) is 12.4 Å². The summed E-state index contributed by atoms with van der Waals surface area (Å²) in [6, 6.07) is 9.73. The second-order valence-corrected chi connectivity index (χ2v) is 7.51. The maximum Gasteiger partial charge on any atom is 0.189 e. The molecule has 0 aliphatic heterocycles. The molecule has 7 nitrogen and oxygen atoms in total. The van der Waals surface area contributed by atoms with Crippen LogP contribution in [0, 0.1) is 13.8 Å². The summed E-state index contributed by atoms with van der Waals surface area (Å²) in [5.41, 5.74) is 4.29. The van der Waals surface area contributed by atoms with Crippen LogP contribution in [-0.4, -0.2) is 44.8 Å². The summed E-state index contributed by atoms with van der Waals surface area (Å²) in [7, 11) is 4.37. The van der Waals surface area contributed by atoms with Crippen molar-refractivity contribution in [1.29, 1.82) is 0 Å². The lowest BCUT2D eigenvalue weighted by atomic mass is 10.2. The number of hydrogen-bond donors (Lipinski definition) is 1. The van der Waals surface area contributed by atoms with Gasteiger partial charge in [-0.1, -0.05) is 18.2 Å². The molecule has 1 N–H and O–H groups in total. The van der Waals surface area contributed by atoms with Gasteiger partial charge in [0, 0.05) is 18.7 Å². The SMILES string of the molecule is Cc1c(C)n(CCC[NH+](C)C)c2ncn3nc(COc4ccccc4)nc3c12. The fraction of sp³-hybridized carbons (Fsp3) is 0.381. The number of rotatable bonds is 7. The summed E-state index contributed by atoms with van der Waals surface area (Å²) in [4.78, 5) is 10.9. The lowest BCUT2D eigenvalue weighted by molar-refractivity contribution is -0.858. The number of quaternary nitrogens is 1. The van der Waals surface area contributed by atoms with Crippen molar-refractivity contribution >= 4 is 16.7 Å². The van der Waals surface area contributed by atoms with Gasteiger partial charge in [-0.2, -0.15) is 0 Å². The summed E-state index contributed by atoms with van der Waals surface area (Å²) in [5.74, 6) is 1.46. The van der Waals surface area contributed by atoms with Crippen molar-refractivity contribution in [3.8, 4) is 5.75 Å². The molecule has 7 heteroatoms. The van der Waals surface area contributed by atoms with Crippen LogP contribution in [0.25, 0.3) is 16.7 Å². The Morgan fingerprint density at radius 2 is 1.86 bits per heavy atom. The van der Waals surface area contributed by atoms with Gasteiger partial charge in [-0.25, -0.2) is 14.5 Å². The summed E-state index contributed by atoms with van der Waals surface area (Å²) >= 11 is 0. The van der Waals surface area contributed by atoms with Crippen molar-refractivity contribution in [1.82, 2.24) is 24.1 Å². The van der Waals surface area contributed by atoms with Crippen LogP contribution in [0.1, 0.15) is 23.5 Å². The first-order chi connectivity index (χ1) is 13.5. The van der Waals surface area contributed by atoms with Crippen LogP contribution < -0.4 is 9.64 Å². The molecule has 0 amide bonds. The highest BCUT2D eigenvalue weighted by Gasteiger charge is 2.18. The van der Waals surface area contributed by atoms with E-state index in [1.807, 2.05) is 30.3 Å². The predicted molar refractivity (Wildman–Crippen MR) is 109 cm³/mol. The number of nitrogens with zero attached hydrogens (tertiary/aromatic N) is 5. The van der Waals surface area contributed by atoms with Gasteiger partial charge in [0.05, 0.1) is 26.0 Å². The molecule has 0 atom stereocenters. The van der Waals surface area contributed by atoms with Crippen molar-refractivity contribution in [3.63, 3.8) is 0 Å². The minimum atomic E-state index is 0.331. The molecule has 0 saturated heterocycles. The maximum absolute atomic E-state index is 5.80. The van der Waals surface area contributed by atoms with Gasteiger partial charge >= 0.3 is 0 Å². The van der Waals surface area contributed by atoms with Gasteiger partial charge in [0.2, 0.25) is 0 Å². The van der Waals surface area contributed by atoms with Crippen molar-refractivity contribution in [3.05, 3.63) is 53.7 Å². The molecule has 0 fully saturated rings. The van der Waals surface area contributed by atoms with Gasteiger partial charge in [-0.15, -0.1) is 5.10 Å². The van der Waals surface area contributed by atoms with Gasteiger partial charge in [-0.05, 0) is 31.5 Å². The number of hydrogen-bond acceptors (Lipinski definition) is 4. The van der Waals surface area contributed by atoms with Crippen molar-refractivity contribution in [2.45, 2.75) is 33.4 Å². The molecule has 0 unspecified atom stereocenters. The fourth-order valence-corrected chi connectivity index (χ4v) is 3.56. The molecular formula is C21H27N6O+. The average molecular weight is 379 g/mol. The van der Waals surface area contributed by atoms with Crippen LogP contribution in [0.2, 0.25) is 0 Å². The molecule has 1 aromatic carbocycles. The Morgan fingerprint density at radius 1 is 1.07 bits per heavy atom. The Morgan fingerprint density at radius 3 is 2.61 bits per heavy atom. The molecule has 28 heavy (non-hydrogen) atoms. The number of benzene rings is 1. The molecule has 4 aromatic rings. The zero-order chi connectivity index (χ0) is 19.7. The first-order valence-corrected chi connectivity index (χ1v) is 9.71. The third-order valence-electron chi connectivity index (χ3n) is 5.16. The minimum absolute atomic E-state index is 0.331. The lowest BCUT2D eigenvalue weighted by Crippen LogP contribution is -3.05. The Bertz CT molecular complexity index is 1100. The molecule has 0 radical (unpaired) electrons. The number of aryl methyl sites for hydroxylation is 2. The van der Waals surface area contributed by atoms with Crippen molar-refractivity contribution in [2.75, 3.05) is 20.6 Å². The average Bonchev–Trinajstić information content (AvgIpc) is 3.21. The van der Waals surface area contributed by atoms with E-state index >= 15 is 0 Å². The molecule has 0 spiro atoms. The zero-order valence-electron chi connectivity index (χ0n) is 16.9. The van der Waals surface area contributed by atoms with Gasteiger partial charge < -0.3 is 14.2 Å². The first-order valence-electron chi connectivity index (χ1n) is 9.71. The molecule has 3 heterocycles. The quantitative estimate of drug-likeness (QED) is 0.532. The van der Waals surface area contributed by atoms with Crippen LogP contribution >= 0.6 is 0 Å². The molecule has 0 aliphatic carbocycles. The highest BCUT2D eigenvalue weighted by molar-refractivity contribution is 5.93. The van der Waals surface area contributed by atoms with Gasteiger partial charge in [0.1, 0.15) is 24.3 Å². The Kier molecular flexibility index (Phi) is 5.00. The smallest absolute Gasteiger partial charge is 0.189 e. The van der Waals surface area contributed by atoms with Crippen LogP contribution in [0.15, 0.2) is 36.7 Å². The predicted octanol–water partition coefficient (Wildman–Crippen LogP) is 1.81. The van der Waals surface area contributed by atoms with Crippen LogP contribution in [0.4, 0.5) is 0 Å². The first kappa shape index (κ1) is 18.4. The second kappa shape index (κ2) is 7.59. The normalized spacial score (nSPS) is 11.8. The van der Waals surface area contributed by atoms with E-state index in [0.717, 1.165) is 41.9 Å². The Hall–Kier alpha value is -2.93. The molecule has 3 aromatic heterocycles. The van der Waals surface area contributed by atoms with Gasteiger partial charge in [0.25, 0.3) is 0 Å². The van der Waals surface area contributed by atoms with E-state index in [1.165, 1.54) is 16.2 Å². The van der Waals surface area contributed by atoms with Crippen LogP contribution in [-0.2, 0) is 13.2 Å². The minimum Gasteiger partial charge on any atom is -0.486 e. The van der Waals surface area contributed by atoms with Crippen molar-refractivity contribution in [2.24, 2.45) is 0 Å². The van der Waals surface area contributed by atoms with E-state index in [2.05, 4.69) is 37.6 Å². The summed E-state index contributed by atoms with van der Waals surface area (Å²) in [6.07, 6.45) is 2.87. The molecule has 0 saturated carbocycles. The van der Waals surface area contributed by atoms with E-state index in [4.69, 9.17) is 14.7 Å². The highest BCUT2D eigenvalue weighted by Crippen LogP contribution is 2.27. The highest BCUT2D eigenvalue weighted by atomic mass is 16.5. The zero-order valence-corrected chi connectivity index (χ0v) is 16.9. The van der Waals surface area contributed by atoms with Crippen LogP contribution in [0.5, 0.6) is 5.75 Å². The number of nitrogens with one attached hydrogen (secondary N) is 1. The van der Waals surface area contributed by atoms with Crippen molar-refractivity contribution < 1.29 is 9.64 Å². The number of ether oxygens (including phenoxy) is 1. The summed E-state index contributed by atoms with van der Waals surface area (Å²) in [5, 5.41) is 5.63. The Balaban J connectivity index is 1.66. The number of fused-ring (bicyclic) bond motifs is 3. The third kappa shape index (κ3) is 3.45. The molecule has 0 aliphatic rings. The summed E-state index contributed by atoms with van der Waals surface area (Å²) in [6.45, 7) is 6.72. The van der Waals surface area contributed by atoms with Gasteiger partial charge in [-0.3, -0.25) is 0 Å². The monoisotopic (exact) mass is 379 g/mol. The van der Waals surface area contributed by atoms with Gasteiger partial charge in [0.15, 0.2) is 11.5 Å². The molecule has 4 rings (SSSR count). The Labute approximate surface area is 164 Å². The van der Waals surface area contributed by atoms with E-state index in [-0.39, 0.29) is 0 Å². The number of aromatic nitrogens is 5. The standard InChI is InChI=1S/C21H26N6O/c1-15-16(2)26(12-8-11-25(3)4)20-19(15)21-23-18(24-27(21)14-22-20)13-28-17-9-6-5-7-10-17/h5-7,9-10,14H,8,11-13H2,1-4H3/p+1. The maximum atomic E-state index is 5.80. The second-order valence-electron chi connectivity index (χ2n) is 7.51. The lowest BCUT2D eigenvalue weighted by Gasteiger charge is -2.10. The molecule has 0 bridgehead atoms. The third-order valence-corrected chi connectivity index (χ3v) is 5.16. The van der Waals surface area contributed by atoms with E-state index in [1.54, 1.807) is 10.8 Å². The van der Waals surface area contributed by atoms with Crippen LogP contribution in [0.3, 0.4) is 0 Å². The summed E-state index contributed by atoms with van der Waals surface area (Å²) < 4.78 is 9.87.